The van der Waals surface area contributed by atoms with Crippen molar-refractivity contribution in [3.63, 3.8) is 0 Å². The van der Waals surface area contributed by atoms with E-state index in [1.54, 1.807) is 6.92 Å². The number of aromatic nitrogens is 1. The van der Waals surface area contributed by atoms with Gasteiger partial charge < -0.3 is 14.2 Å². The van der Waals surface area contributed by atoms with Crippen LogP contribution in [0.15, 0.2) is 46.6 Å². The van der Waals surface area contributed by atoms with Gasteiger partial charge in [0.1, 0.15) is 17.0 Å². The van der Waals surface area contributed by atoms with E-state index in [0.717, 1.165) is 43.4 Å². The molecule has 0 saturated heterocycles. The fraction of sp³-hybridized carbons (Fsp3) is 0.409. The summed E-state index contributed by atoms with van der Waals surface area (Å²) in [7, 11) is 0. The van der Waals surface area contributed by atoms with Crippen LogP contribution in [0.25, 0.3) is 11.3 Å². The number of carbonyl (C=O) groups excluding carboxylic acids is 2. The molecule has 4 rings (SSSR count). The summed E-state index contributed by atoms with van der Waals surface area (Å²) in [5, 5.41) is 4.00. The molecule has 0 atom stereocenters. The average molecular weight is 380 g/mol. The lowest BCUT2D eigenvalue weighted by molar-refractivity contribution is -0.133. The molecule has 0 spiro atoms. The van der Waals surface area contributed by atoms with Crippen LogP contribution in [-0.2, 0) is 9.53 Å². The van der Waals surface area contributed by atoms with Gasteiger partial charge in [-0.1, -0.05) is 41.6 Å². The minimum absolute atomic E-state index is 0.153. The summed E-state index contributed by atoms with van der Waals surface area (Å²) in [6, 6.07) is 9.58. The first kappa shape index (κ1) is 18.5. The molecular weight excluding hydrogens is 356 g/mol. The zero-order valence-electron chi connectivity index (χ0n) is 16.0. The van der Waals surface area contributed by atoms with Crippen molar-refractivity contribution in [3.05, 3.63) is 53.4 Å². The highest BCUT2D eigenvalue weighted by Gasteiger charge is 2.35. The molecule has 1 fully saturated rings. The largest absolute Gasteiger partial charge is 0.452 e. The number of nitrogens with zero attached hydrogens (tertiary/aromatic N) is 2. The van der Waals surface area contributed by atoms with E-state index in [1.165, 1.54) is 6.42 Å². The highest BCUT2D eigenvalue weighted by Crippen LogP contribution is 2.34. The topological polar surface area (TPSA) is 72.6 Å². The summed E-state index contributed by atoms with van der Waals surface area (Å²) >= 11 is 0. The molecule has 28 heavy (non-hydrogen) atoms. The summed E-state index contributed by atoms with van der Waals surface area (Å²) < 4.78 is 10.6. The van der Waals surface area contributed by atoms with Crippen LogP contribution in [0.1, 0.15) is 54.6 Å². The van der Waals surface area contributed by atoms with Gasteiger partial charge in [-0.15, -0.1) is 0 Å². The molecular formula is C22H24N2O4. The van der Waals surface area contributed by atoms with Gasteiger partial charge in [0.2, 0.25) is 0 Å². The van der Waals surface area contributed by atoms with E-state index in [0.29, 0.717) is 11.5 Å². The Morgan fingerprint density at radius 2 is 2.00 bits per heavy atom. The first-order chi connectivity index (χ1) is 13.6. The molecule has 2 aromatic rings. The Morgan fingerprint density at radius 3 is 2.68 bits per heavy atom. The third-order valence-corrected chi connectivity index (χ3v) is 5.20. The maximum absolute atomic E-state index is 12.8. The molecule has 1 amide bonds. The van der Waals surface area contributed by atoms with Crippen LogP contribution in [0.5, 0.6) is 0 Å². The number of rotatable bonds is 6. The second-order valence-electron chi connectivity index (χ2n) is 7.34. The van der Waals surface area contributed by atoms with Gasteiger partial charge in [0.25, 0.3) is 5.91 Å². The molecule has 0 unspecified atom stereocenters. The monoisotopic (exact) mass is 380 g/mol. The quantitative estimate of drug-likeness (QED) is 0.700. The van der Waals surface area contributed by atoms with Crippen molar-refractivity contribution < 1.29 is 18.8 Å². The Kier molecular flexibility index (Phi) is 5.28. The molecule has 2 aliphatic rings. The SMILES string of the molecule is Cc1onc(-c2ccccc2)c1C(=O)OCC(=O)N(C1=CCCCC1)C1CC1. The number of carbonyl (C=O) groups is 2. The van der Waals surface area contributed by atoms with Gasteiger partial charge in [-0.2, -0.15) is 0 Å². The minimum atomic E-state index is -0.584. The number of esters is 1. The van der Waals surface area contributed by atoms with Crippen LogP contribution in [0, 0.1) is 6.92 Å². The van der Waals surface area contributed by atoms with E-state index in [-0.39, 0.29) is 24.1 Å². The van der Waals surface area contributed by atoms with Crippen molar-refractivity contribution in [2.24, 2.45) is 0 Å². The Morgan fingerprint density at radius 1 is 1.21 bits per heavy atom. The molecule has 2 aliphatic carbocycles. The Labute approximate surface area is 164 Å². The van der Waals surface area contributed by atoms with Gasteiger partial charge in [-0.05, 0) is 45.4 Å². The van der Waals surface area contributed by atoms with Gasteiger partial charge in [0.15, 0.2) is 6.61 Å². The zero-order valence-corrected chi connectivity index (χ0v) is 16.0. The Bertz CT molecular complexity index is 897. The molecule has 0 bridgehead atoms. The number of benzene rings is 1. The highest BCUT2D eigenvalue weighted by molar-refractivity contribution is 5.98. The van der Waals surface area contributed by atoms with Crippen molar-refractivity contribution in [2.45, 2.75) is 51.5 Å². The number of amides is 1. The van der Waals surface area contributed by atoms with Gasteiger partial charge in [-0.25, -0.2) is 4.79 Å². The van der Waals surface area contributed by atoms with E-state index in [1.807, 2.05) is 35.2 Å². The molecule has 0 N–H and O–H groups in total. The fourth-order valence-electron chi connectivity index (χ4n) is 3.65. The van der Waals surface area contributed by atoms with E-state index >= 15 is 0 Å². The predicted octanol–water partition coefficient (Wildman–Crippen LogP) is 4.26. The van der Waals surface area contributed by atoms with Crippen molar-refractivity contribution in [1.82, 2.24) is 10.1 Å². The number of aryl methyl sites for hydroxylation is 1. The number of allylic oxidation sites excluding steroid dienone is 2. The second-order valence-corrected chi connectivity index (χ2v) is 7.34. The number of hydrogen-bond donors (Lipinski definition) is 0. The van der Waals surface area contributed by atoms with Gasteiger partial charge >= 0.3 is 5.97 Å². The van der Waals surface area contributed by atoms with Crippen LogP contribution in [0.2, 0.25) is 0 Å². The van der Waals surface area contributed by atoms with E-state index in [9.17, 15) is 9.59 Å². The summed E-state index contributed by atoms with van der Waals surface area (Å²) in [5.74, 6) is -0.357. The van der Waals surface area contributed by atoms with Gasteiger partial charge in [0, 0.05) is 17.3 Å². The minimum Gasteiger partial charge on any atom is -0.452 e. The molecule has 146 valence electrons. The number of ether oxygens (including phenoxy) is 1. The van der Waals surface area contributed by atoms with E-state index in [4.69, 9.17) is 9.26 Å². The molecule has 1 aromatic carbocycles. The van der Waals surface area contributed by atoms with E-state index in [2.05, 4.69) is 11.2 Å². The summed E-state index contributed by atoms with van der Waals surface area (Å²) in [4.78, 5) is 27.4. The summed E-state index contributed by atoms with van der Waals surface area (Å²) in [6.07, 6.45) is 8.37. The molecule has 0 aliphatic heterocycles. The average Bonchev–Trinajstić information content (AvgIpc) is 3.48. The van der Waals surface area contributed by atoms with Crippen LogP contribution in [0.3, 0.4) is 0 Å². The Hall–Kier alpha value is -2.89. The lowest BCUT2D eigenvalue weighted by Crippen LogP contribution is -2.36. The van der Waals surface area contributed by atoms with Crippen LogP contribution in [0.4, 0.5) is 0 Å². The Balaban J connectivity index is 1.47. The van der Waals surface area contributed by atoms with Crippen LogP contribution < -0.4 is 0 Å². The molecule has 1 saturated carbocycles. The van der Waals surface area contributed by atoms with Crippen molar-refractivity contribution in [1.29, 1.82) is 0 Å². The van der Waals surface area contributed by atoms with Gasteiger partial charge in [0.05, 0.1) is 0 Å². The van der Waals surface area contributed by atoms with Crippen molar-refractivity contribution >= 4 is 11.9 Å². The standard InChI is InChI=1S/C22H24N2O4/c1-15-20(21(23-28-15)16-8-4-2-5-9-16)22(26)27-14-19(25)24(18-12-13-18)17-10-6-3-7-11-17/h2,4-5,8-10,18H,3,6-7,11-14H2,1H3. The molecule has 6 heteroatoms. The predicted molar refractivity (Wildman–Crippen MR) is 103 cm³/mol. The first-order valence-electron chi connectivity index (χ1n) is 9.85. The van der Waals surface area contributed by atoms with Crippen molar-refractivity contribution in [3.8, 4) is 11.3 Å². The van der Waals surface area contributed by atoms with Crippen LogP contribution in [-0.4, -0.2) is 34.6 Å². The maximum atomic E-state index is 12.8. The first-order valence-corrected chi connectivity index (χ1v) is 9.85. The highest BCUT2D eigenvalue weighted by atomic mass is 16.5. The third kappa shape index (κ3) is 3.86. The van der Waals surface area contributed by atoms with Gasteiger partial charge in [-0.3, -0.25) is 4.79 Å². The molecule has 0 radical (unpaired) electrons. The third-order valence-electron chi connectivity index (χ3n) is 5.20. The van der Waals surface area contributed by atoms with Crippen LogP contribution >= 0.6 is 0 Å². The molecule has 6 nitrogen and oxygen atoms in total. The number of hydrogen-bond acceptors (Lipinski definition) is 5. The summed E-state index contributed by atoms with van der Waals surface area (Å²) in [5.41, 5.74) is 2.56. The lowest BCUT2D eigenvalue weighted by atomic mass is 10.0. The molecule has 1 aromatic heterocycles. The normalized spacial score (nSPS) is 16.4. The van der Waals surface area contributed by atoms with Crippen molar-refractivity contribution in [2.75, 3.05) is 6.61 Å². The maximum Gasteiger partial charge on any atom is 0.344 e. The summed E-state index contributed by atoms with van der Waals surface area (Å²) in [6.45, 7) is 1.40. The zero-order chi connectivity index (χ0) is 19.5. The fourth-order valence-corrected chi connectivity index (χ4v) is 3.65. The lowest BCUT2D eigenvalue weighted by Gasteiger charge is -2.27. The second kappa shape index (κ2) is 8.00. The van der Waals surface area contributed by atoms with E-state index < -0.39 is 5.97 Å². The molecule has 1 heterocycles. The smallest absolute Gasteiger partial charge is 0.344 e.